The van der Waals surface area contributed by atoms with Gasteiger partial charge in [0.05, 0.1) is 7.11 Å². The number of ether oxygens (including phenoxy) is 1. The Kier molecular flexibility index (Phi) is 6.35. The summed E-state index contributed by atoms with van der Waals surface area (Å²) in [6.45, 7) is 7.32. The van der Waals surface area contributed by atoms with Crippen LogP contribution in [0.5, 0.6) is 5.75 Å². The van der Waals surface area contributed by atoms with E-state index in [1.54, 1.807) is 19.9 Å². The molecule has 0 aliphatic carbocycles. The van der Waals surface area contributed by atoms with Crippen LogP contribution in [0.4, 0.5) is 4.39 Å². The molecule has 3 aromatic rings. The Morgan fingerprint density at radius 1 is 1.32 bits per heavy atom. The van der Waals surface area contributed by atoms with E-state index in [0.29, 0.717) is 5.56 Å². The number of aromatic amines is 1. The number of sulfonamides is 1. The van der Waals surface area contributed by atoms with Crippen molar-refractivity contribution in [2.75, 3.05) is 7.11 Å². The Morgan fingerprint density at radius 3 is 2.65 bits per heavy atom. The van der Waals surface area contributed by atoms with Gasteiger partial charge in [0.2, 0.25) is 15.9 Å². The predicted octanol–water partition coefficient (Wildman–Crippen LogP) is 3.51. The van der Waals surface area contributed by atoms with Crippen molar-refractivity contribution in [1.82, 2.24) is 14.9 Å². The molecule has 2 N–H and O–H groups in total. The van der Waals surface area contributed by atoms with Gasteiger partial charge in [-0.25, -0.2) is 22.7 Å². The van der Waals surface area contributed by atoms with Gasteiger partial charge in [-0.2, -0.15) is 4.72 Å². The number of hydrogen-bond donors (Lipinski definition) is 2. The second-order valence-electron chi connectivity index (χ2n) is 6.69. The van der Waals surface area contributed by atoms with Crippen molar-refractivity contribution in [1.29, 1.82) is 0 Å². The van der Waals surface area contributed by atoms with Crippen molar-refractivity contribution in [2.24, 2.45) is 0 Å². The zero-order valence-electron chi connectivity index (χ0n) is 16.8. The highest BCUT2D eigenvalue weighted by Gasteiger charge is 2.32. The Labute approximate surface area is 182 Å². The number of rotatable bonds is 7. The van der Waals surface area contributed by atoms with E-state index in [-0.39, 0.29) is 32.7 Å². The summed E-state index contributed by atoms with van der Waals surface area (Å²) in [5.74, 6) is -1.85. The number of halogens is 2. The lowest BCUT2D eigenvalue weighted by Gasteiger charge is -2.21. The Hall–Kier alpha value is -2.95. The molecule has 0 fully saturated rings. The highest BCUT2D eigenvalue weighted by molar-refractivity contribution is 7.89. The lowest BCUT2D eigenvalue weighted by molar-refractivity contribution is 0.401. The summed E-state index contributed by atoms with van der Waals surface area (Å²) in [6.07, 6.45) is 0. The smallest absolute Gasteiger partial charge is 0.434 e. The molecule has 3 rings (SSSR count). The third kappa shape index (κ3) is 4.55. The topological polar surface area (TPSA) is 114 Å². The van der Waals surface area contributed by atoms with Gasteiger partial charge in [0, 0.05) is 16.7 Å². The quantitative estimate of drug-likeness (QED) is 0.549. The van der Waals surface area contributed by atoms with E-state index < -0.39 is 27.6 Å². The summed E-state index contributed by atoms with van der Waals surface area (Å²) in [5, 5.41) is 6.05. The molecule has 0 bridgehead atoms. The summed E-state index contributed by atoms with van der Waals surface area (Å²) in [5.41, 5.74) is 1.41. The molecule has 164 valence electrons. The second kappa shape index (κ2) is 8.66. The molecule has 1 heterocycles. The van der Waals surface area contributed by atoms with Gasteiger partial charge >= 0.3 is 5.76 Å². The number of hydrogen-bond acceptors (Lipinski definition) is 6. The Balaban J connectivity index is 2.13. The standard InChI is InChI=1S/C20H19ClFN3O5S/c1-10-5-7-14(22)17(11(10)2)12(3)18(19-23-24-20(26)30-19)25-31(27,28)16-8-6-13(21)9-15(16)29-4/h5-9,18,25H,3H2,1-2,4H3,(H,24,26). The number of aryl methyl sites for hydroxylation is 1. The lowest BCUT2D eigenvalue weighted by Crippen LogP contribution is -2.30. The first-order valence-corrected chi connectivity index (χ1v) is 10.8. The maximum absolute atomic E-state index is 14.7. The fourth-order valence-electron chi connectivity index (χ4n) is 3.04. The van der Waals surface area contributed by atoms with Crippen molar-refractivity contribution in [2.45, 2.75) is 24.8 Å². The van der Waals surface area contributed by atoms with Crippen molar-refractivity contribution in [3.05, 3.63) is 80.9 Å². The zero-order chi connectivity index (χ0) is 22.9. The number of benzene rings is 2. The van der Waals surface area contributed by atoms with Crippen molar-refractivity contribution in [3.8, 4) is 5.75 Å². The van der Waals surface area contributed by atoms with Gasteiger partial charge in [0.1, 0.15) is 22.5 Å². The van der Waals surface area contributed by atoms with Crippen LogP contribution in [0.15, 0.2) is 51.0 Å². The van der Waals surface area contributed by atoms with Crippen LogP contribution in [-0.2, 0) is 10.0 Å². The molecular weight excluding hydrogens is 449 g/mol. The van der Waals surface area contributed by atoms with Gasteiger partial charge in [0.25, 0.3) is 0 Å². The molecular formula is C20H19ClFN3O5S. The van der Waals surface area contributed by atoms with E-state index >= 15 is 0 Å². The first-order chi connectivity index (χ1) is 14.5. The van der Waals surface area contributed by atoms with Crippen LogP contribution in [0.2, 0.25) is 5.02 Å². The summed E-state index contributed by atoms with van der Waals surface area (Å²) in [7, 11) is -2.99. The molecule has 0 spiro atoms. The summed E-state index contributed by atoms with van der Waals surface area (Å²) in [6, 6.07) is 5.41. The third-order valence-corrected chi connectivity index (χ3v) is 6.44. The minimum Gasteiger partial charge on any atom is -0.495 e. The van der Waals surface area contributed by atoms with Gasteiger partial charge in [-0.15, -0.1) is 5.10 Å². The highest BCUT2D eigenvalue weighted by Crippen LogP contribution is 2.35. The molecule has 11 heteroatoms. The Bertz CT molecular complexity index is 1320. The van der Waals surface area contributed by atoms with Crippen molar-refractivity contribution < 1.29 is 22.0 Å². The molecule has 0 radical (unpaired) electrons. The molecule has 0 amide bonds. The van der Waals surface area contributed by atoms with E-state index in [9.17, 15) is 17.6 Å². The maximum atomic E-state index is 14.7. The molecule has 0 saturated carbocycles. The van der Waals surface area contributed by atoms with E-state index in [1.807, 2.05) is 0 Å². The second-order valence-corrected chi connectivity index (χ2v) is 8.81. The number of nitrogens with zero attached hydrogens (tertiary/aromatic N) is 1. The van der Waals surface area contributed by atoms with Gasteiger partial charge in [-0.3, -0.25) is 0 Å². The average molecular weight is 468 g/mol. The van der Waals surface area contributed by atoms with E-state index in [0.717, 1.165) is 5.56 Å². The number of aromatic nitrogens is 2. The molecule has 8 nitrogen and oxygen atoms in total. The summed E-state index contributed by atoms with van der Waals surface area (Å²) in [4.78, 5) is 11.3. The fraction of sp³-hybridized carbons (Fsp3) is 0.200. The highest BCUT2D eigenvalue weighted by atomic mass is 35.5. The molecule has 1 unspecified atom stereocenters. The summed E-state index contributed by atoms with van der Waals surface area (Å²) < 4.78 is 53.5. The van der Waals surface area contributed by atoms with Gasteiger partial charge in [-0.05, 0) is 48.7 Å². The molecule has 0 saturated heterocycles. The minimum atomic E-state index is -4.28. The van der Waals surface area contributed by atoms with Crippen molar-refractivity contribution >= 4 is 27.2 Å². The van der Waals surface area contributed by atoms with Crippen LogP contribution >= 0.6 is 11.6 Å². The lowest BCUT2D eigenvalue weighted by atomic mass is 9.93. The number of H-pyrrole nitrogens is 1. The maximum Gasteiger partial charge on any atom is 0.434 e. The van der Waals surface area contributed by atoms with Gasteiger partial charge in [-0.1, -0.05) is 24.2 Å². The first-order valence-electron chi connectivity index (χ1n) is 8.91. The SMILES string of the molecule is C=C(c1c(F)ccc(C)c1C)C(NS(=O)(=O)c1ccc(Cl)cc1OC)c1n[nH]c(=O)o1. The van der Waals surface area contributed by atoms with E-state index in [4.69, 9.17) is 20.8 Å². The molecule has 1 atom stereocenters. The third-order valence-electron chi connectivity index (χ3n) is 4.74. The normalized spacial score (nSPS) is 12.5. The van der Waals surface area contributed by atoms with Crippen LogP contribution in [0.1, 0.15) is 28.6 Å². The average Bonchev–Trinajstić information content (AvgIpc) is 3.14. The molecule has 0 aliphatic rings. The fourth-order valence-corrected chi connectivity index (χ4v) is 4.54. The predicted molar refractivity (Wildman–Crippen MR) is 113 cm³/mol. The van der Waals surface area contributed by atoms with Gasteiger partial charge in [0.15, 0.2) is 0 Å². The zero-order valence-corrected chi connectivity index (χ0v) is 18.4. The minimum absolute atomic E-state index is 0.00505. The van der Waals surface area contributed by atoms with Crippen LogP contribution in [0.25, 0.3) is 5.57 Å². The molecule has 0 aliphatic heterocycles. The van der Waals surface area contributed by atoms with Crippen molar-refractivity contribution in [3.63, 3.8) is 0 Å². The first kappa shape index (κ1) is 22.7. The number of nitrogens with one attached hydrogen (secondary N) is 2. The number of methoxy groups -OCH3 is 1. The molecule has 31 heavy (non-hydrogen) atoms. The largest absolute Gasteiger partial charge is 0.495 e. The van der Waals surface area contributed by atoms with E-state index in [2.05, 4.69) is 21.5 Å². The van der Waals surface area contributed by atoms with E-state index in [1.165, 1.54) is 31.4 Å². The molecule has 1 aromatic heterocycles. The van der Waals surface area contributed by atoms with Crippen LogP contribution < -0.4 is 15.2 Å². The summed E-state index contributed by atoms with van der Waals surface area (Å²) >= 11 is 5.92. The van der Waals surface area contributed by atoms with Crippen LogP contribution in [0, 0.1) is 19.7 Å². The van der Waals surface area contributed by atoms with Gasteiger partial charge < -0.3 is 9.15 Å². The monoisotopic (exact) mass is 467 g/mol. The molecule has 2 aromatic carbocycles. The van der Waals surface area contributed by atoms with Crippen LogP contribution in [0.3, 0.4) is 0 Å². The van der Waals surface area contributed by atoms with Crippen LogP contribution in [-0.4, -0.2) is 25.7 Å². The Morgan fingerprint density at radius 2 is 2.03 bits per heavy atom.